The minimum absolute atomic E-state index is 0.229. The van der Waals surface area contributed by atoms with E-state index in [4.69, 9.17) is 4.74 Å². The van der Waals surface area contributed by atoms with E-state index in [1.54, 1.807) is 0 Å². The minimum atomic E-state index is -0.453. The summed E-state index contributed by atoms with van der Waals surface area (Å²) in [6.07, 6.45) is 1.92. The predicted molar refractivity (Wildman–Crippen MR) is 96.7 cm³/mol. The Labute approximate surface area is 147 Å². The molecule has 2 rings (SSSR count). The fourth-order valence-corrected chi connectivity index (χ4v) is 3.43. The summed E-state index contributed by atoms with van der Waals surface area (Å²) in [7, 11) is 0. The number of nitrogens with one attached hydrogen (secondary N) is 2. The number of alkyl carbamates (subject to hydrolysis) is 1. The molecule has 1 amide bonds. The minimum Gasteiger partial charge on any atom is -0.444 e. The lowest BCUT2D eigenvalue weighted by molar-refractivity contribution is 0.0521. The van der Waals surface area contributed by atoms with Crippen LogP contribution in [-0.4, -0.2) is 30.3 Å². The Hall–Kier alpha value is -1.07. The molecule has 0 bridgehead atoms. The molecule has 128 valence electrons. The number of rotatable bonds is 5. The van der Waals surface area contributed by atoms with Gasteiger partial charge in [0.25, 0.3) is 0 Å². The van der Waals surface area contributed by atoms with Crippen LogP contribution < -0.4 is 10.6 Å². The summed E-state index contributed by atoms with van der Waals surface area (Å²) in [5.41, 5.74) is 0.940. The Bertz CT molecular complexity index is 536. The normalized spacial score (nSPS) is 22.1. The summed E-state index contributed by atoms with van der Waals surface area (Å²) in [6.45, 7) is 8.26. The molecule has 0 spiro atoms. The molecule has 1 saturated carbocycles. The lowest BCUT2D eigenvalue weighted by Gasteiger charge is -2.38. The molecule has 1 aromatic carbocycles. The van der Waals surface area contributed by atoms with Crippen molar-refractivity contribution in [2.45, 2.75) is 64.1 Å². The first-order chi connectivity index (χ1) is 10.7. The molecule has 5 heteroatoms. The van der Waals surface area contributed by atoms with Gasteiger partial charge in [-0.15, -0.1) is 0 Å². The Morgan fingerprint density at radius 3 is 2.61 bits per heavy atom. The fourth-order valence-electron chi connectivity index (χ4n) is 2.83. The molecule has 1 aliphatic carbocycles. The van der Waals surface area contributed by atoms with Gasteiger partial charge in [0, 0.05) is 23.1 Å². The third-order valence-corrected chi connectivity index (χ3v) is 4.68. The summed E-state index contributed by atoms with van der Waals surface area (Å²) >= 11 is 3.63. The van der Waals surface area contributed by atoms with E-state index in [9.17, 15) is 4.79 Å². The first-order valence-corrected chi connectivity index (χ1v) is 9.01. The van der Waals surface area contributed by atoms with Crippen molar-refractivity contribution in [3.8, 4) is 0 Å². The van der Waals surface area contributed by atoms with E-state index >= 15 is 0 Å². The fraction of sp³-hybridized carbons (Fsp3) is 0.611. The molecule has 0 radical (unpaired) electrons. The van der Waals surface area contributed by atoms with Gasteiger partial charge in [-0.2, -0.15) is 0 Å². The first-order valence-electron chi connectivity index (χ1n) is 8.22. The van der Waals surface area contributed by atoms with Crippen LogP contribution in [0.2, 0.25) is 0 Å². The first kappa shape index (κ1) is 18.3. The number of amides is 1. The van der Waals surface area contributed by atoms with Gasteiger partial charge < -0.3 is 15.4 Å². The molecular formula is C18H27BrN2O2. The average Bonchev–Trinajstić information content (AvgIpc) is 2.39. The summed E-state index contributed by atoms with van der Waals surface area (Å²) in [6, 6.07) is 9.18. The van der Waals surface area contributed by atoms with Crippen LogP contribution in [0.1, 0.15) is 52.0 Å². The van der Waals surface area contributed by atoms with Gasteiger partial charge >= 0.3 is 6.09 Å². The van der Waals surface area contributed by atoms with E-state index in [0.29, 0.717) is 18.5 Å². The number of ether oxygens (including phenoxy) is 1. The molecule has 4 nitrogen and oxygen atoms in total. The van der Waals surface area contributed by atoms with Crippen molar-refractivity contribution in [1.29, 1.82) is 0 Å². The molecule has 1 fully saturated rings. The van der Waals surface area contributed by atoms with Crippen LogP contribution in [0, 0.1) is 0 Å². The smallest absolute Gasteiger partial charge is 0.407 e. The van der Waals surface area contributed by atoms with E-state index in [-0.39, 0.29) is 12.1 Å². The van der Waals surface area contributed by atoms with Gasteiger partial charge in [0.1, 0.15) is 5.60 Å². The maximum absolute atomic E-state index is 11.6. The molecule has 1 aromatic rings. The van der Waals surface area contributed by atoms with Crippen molar-refractivity contribution >= 4 is 22.0 Å². The van der Waals surface area contributed by atoms with Gasteiger partial charge in [-0.25, -0.2) is 4.79 Å². The van der Waals surface area contributed by atoms with Crippen molar-refractivity contribution in [3.05, 3.63) is 34.3 Å². The van der Waals surface area contributed by atoms with Crippen LogP contribution in [0.4, 0.5) is 4.79 Å². The van der Waals surface area contributed by atoms with Crippen molar-refractivity contribution in [2.75, 3.05) is 6.54 Å². The molecule has 1 unspecified atom stereocenters. The SMILES string of the molecule is CC(CNC(=O)OC(C)(C)C)NC1CC(c2ccccc2Br)C1. The Kier molecular flexibility index (Phi) is 6.09. The van der Waals surface area contributed by atoms with Crippen LogP contribution in [0.25, 0.3) is 0 Å². The van der Waals surface area contributed by atoms with Crippen molar-refractivity contribution in [2.24, 2.45) is 0 Å². The van der Waals surface area contributed by atoms with Crippen molar-refractivity contribution in [3.63, 3.8) is 0 Å². The molecular weight excluding hydrogens is 356 g/mol. The second-order valence-corrected chi connectivity index (χ2v) is 8.19. The summed E-state index contributed by atoms with van der Waals surface area (Å²) in [4.78, 5) is 11.6. The van der Waals surface area contributed by atoms with E-state index in [0.717, 1.165) is 12.8 Å². The van der Waals surface area contributed by atoms with Gasteiger partial charge in [0.15, 0.2) is 0 Å². The van der Waals surface area contributed by atoms with Gasteiger partial charge in [-0.1, -0.05) is 34.1 Å². The van der Waals surface area contributed by atoms with Crippen molar-refractivity contribution < 1.29 is 9.53 Å². The average molecular weight is 383 g/mol. The molecule has 0 heterocycles. The zero-order valence-corrected chi connectivity index (χ0v) is 15.9. The molecule has 0 saturated heterocycles. The highest BCUT2D eigenvalue weighted by atomic mass is 79.9. The van der Waals surface area contributed by atoms with E-state index in [1.165, 1.54) is 10.0 Å². The largest absolute Gasteiger partial charge is 0.444 e. The third-order valence-electron chi connectivity index (χ3n) is 3.95. The second kappa shape index (κ2) is 7.67. The third kappa shape index (κ3) is 5.81. The lowest BCUT2D eigenvalue weighted by Crippen LogP contribution is -2.49. The lowest BCUT2D eigenvalue weighted by atomic mass is 9.75. The van der Waals surface area contributed by atoms with E-state index in [2.05, 4.69) is 51.7 Å². The molecule has 2 N–H and O–H groups in total. The number of hydrogen-bond acceptors (Lipinski definition) is 3. The Balaban J connectivity index is 1.67. The summed E-state index contributed by atoms with van der Waals surface area (Å²) in [5, 5.41) is 6.38. The Morgan fingerprint density at radius 2 is 2.00 bits per heavy atom. The number of halogens is 1. The Morgan fingerprint density at radius 1 is 1.35 bits per heavy atom. The molecule has 0 aliphatic heterocycles. The van der Waals surface area contributed by atoms with Crippen LogP contribution >= 0.6 is 15.9 Å². The molecule has 0 aromatic heterocycles. The zero-order chi connectivity index (χ0) is 17.0. The maximum Gasteiger partial charge on any atom is 0.407 e. The number of hydrogen-bond donors (Lipinski definition) is 2. The molecule has 1 atom stereocenters. The van der Waals surface area contributed by atoms with E-state index < -0.39 is 5.60 Å². The summed E-state index contributed by atoms with van der Waals surface area (Å²) in [5.74, 6) is 0.620. The monoisotopic (exact) mass is 382 g/mol. The number of benzene rings is 1. The van der Waals surface area contributed by atoms with Crippen LogP contribution in [0.15, 0.2) is 28.7 Å². The maximum atomic E-state index is 11.6. The van der Waals surface area contributed by atoms with E-state index in [1.807, 2.05) is 26.8 Å². The number of carbonyl (C=O) groups is 1. The molecule has 23 heavy (non-hydrogen) atoms. The predicted octanol–water partition coefficient (Wildman–Crippen LogP) is 4.20. The van der Waals surface area contributed by atoms with Gasteiger partial charge in [-0.05, 0) is 58.1 Å². The van der Waals surface area contributed by atoms with Crippen LogP contribution in [0.5, 0.6) is 0 Å². The van der Waals surface area contributed by atoms with Crippen LogP contribution in [-0.2, 0) is 4.74 Å². The second-order valence-electron chi connectivity index (χ2n) is 7.34. The zero-order valence-electron chi connectivity index (χ0n) is 14.4. The van der Waals surface area contributed by atoms with Gasteiger partial charge in [0.2, 0.25) is 0 Å². The summed E-state index contributed by atoms with van der Waals surface area (Å²) < 4.78 is 6.44. The quantitative estimate of drug-likeness (QED) is 0.801. The van der Waals surface area contributed by atoms with Crippen LogP contribution in [0.3, 0.4) is 0 Å². The number of carbonyl (C=O) groups excluding carboxylic acids is 1. The highest BCUT2D eigenvalue weighted by Gasteiger charge is 2.31. The standard InChI is InChI=1S/C18H27BrN2O2/c1-12(11-20-17(22)23-18(2,3)4)21-14-9-13(10-14)15-7-5-6-8-16(15)19/h5-8,12-14,21H,9-11H2,1-4H3,(H,20,22). The highest BCUT2D eigenvalue weighted by molar-refractivity contribution is 9.10. The topological polar surface area (TPSA) is 50.4 Å². The van der Waals surface area contributed by atoms with Crippen molar-refractivity contribution in [1.82, 2.24) is 10.6 Å². The highest BCUT2D eigenvalue weighted by Crippen LogP contribution is 2.40. The van der Waals surface area contributed by atoms with Gasteiger partial charge in [0.05, 0.1) is 0 Å². The van der Waals surface area contributed by atoms with Gasteiger partial charge in [-0.3, -0.25) is 0 Å². The molecule has 1 aliphatic rings.